The molecule has 2 rings (SSSR count). The van der Waals surface area contributed by atoms with Crippen molar-refractivity contribution in [3.05, 3.63) is 47.0 Å². The number of benzene rings is 1. The molecule has 1 saturated heterocycles. The molecular formula is C16H20ClNO5. The second kappa shape index (κ2) is 8.10. The first-order chi connectivity index (χ1) is 10.6. The molecule has 0 spiro atoms. The number of aliphatic carboxylic acids is 2. The molecule has 0 aliphatic carbocycles. The lowest BCUT2D eigenvalue weighted by Gasteiger charge is -2.46. The molecule has 1 fully saturated rings. The minimum absolute atomic E-state index is 0.151. The first kappa shape index (κ1) is 19.2. The minimum atomic E-state index is -1.26. The van der Waals surface area contributed by atoms with Crippen LogP contribution >= 0.6 is 11.6 Å². The first-order valence-corrected chi connectivity index (χ1v) is 7.34. The highest BCUT2D eigenvalue weighted by atomic mass is 35.5. The molecule has 1 aliphatic heterocycles. The molecule has 0 saturated carbocycles. The molecule has 0 amide bonds. The van der Waals surface area contributed by atoms with Crippen molar-refractivity contribution in [2.75, 3.05) is 0 Å². The molecule has 0 radical (unpaired) electrons. The summed E-state index contributed by atoms with van der Waals surface area (Å²) in [5, 5.41) is 29.7. The number of hydrogen-bond donors (Lipinski definition) is 4. The Morgan fingerprint density at radius 1 is 1.30 bits per heavy atom. The maximum Gasteiger partial charge on any atom is 0.328 e. The summed E-state index contributed by atoms with van der Waals surface area (Å²) < 4.78 is 0. The lowest BCUT2D eigenvalue weighted by Crippen LogP contribution is -2.61. The fraction of sp³-hybridized carbons (Fsp3) is 0.375. The summed E-state index contributed by atoms with van der Waals surface area (Å²) >= 11 is 5.88. The summed E-state index contributed by atoms with van der Waals surface area (Å²) in [6.45, 7) is 4.27. The number of carboxylic acid groups (broad SMARTS) is 2. The Balaban J connectivity index is 0.000000284. The van der Waals surface area contributed by atoms with Gasteiger partial charge < -0.3 is 20.6 Å². The maximum absolute atomic E-state index is 10.1. The predicted molar refractivity (Wildman–Crippen MR) is 86.4 cm³/mol. The van der Waals surface area contributed by atoms with Crippen molar-refractivity contribution in [2.45, 2.75) is 38.0 Å². The zero-order chi connectivity index (χ0) is 17.6. The van der Waals surface area contributed by atoms with E-state index in [9.17, 15) is 14.7 Å². The van der Waals surface area contributed by atoms with Gasteiger partial charge in [-0.25, -0.2) is 9.59 Å². The first-order valence-electron chi connectivity index (χ1n) is 6.96. The second-order valence-electron chi connectivity index (χ2n) is 5.85. The van der Waals surface area contributed by atoms with Gasteiger partial charge in [0.25, 0.3) is 0 Å². The highest BCUT2D eigenvalue weighted by Gasteiger charge is 2.39. The molecule has 7 heteroatoms. The third kappa shape index (κ3) is 6.81. The number of nitrogens with one attached hydrogen (secondary N) is 1. The fourth-order valence-corrected chi connectivity index (χ4v) is 2.49. The Bertz CT molecular complexity index is 576. The molecule has 1 aromatic carbocycles. The summed E-state index contributed by atoms with van der Waals surface area (Å²) in [6, 6.07) is 7.56. The highest BCUT2D eigenvalue weighted by molar-refractivity contribution is 6.30. The number of aliphatic hydroxyl groups excluding tert-OH is 1. The normalized spacial score (nSPS) is 20.1. The van der Waals surface area contributed by atoms with E-state index in [0.29, 0.717) is 17.2 Å². The van der Waals surface area contributed by atoms with Gasteiger partial charge in [-0.1, -0.05) is 23.7 Å². The van der Waals surface area contributed by atoms with E-state index in [1.54, 1.807) is 0 Å². The van der Waals surface area contributed by atoms with Gasteiger partial charge in [0.2, 0.25) is 0 Å². The second-order valence-corrected chi connectivity index (χ2v) is 6.28. The lowest BCUT2D eigenvalue weighted by atomic mass is 9.81. The van der Waals surface area contributed by atoms with E-state index in [-0.39, 0.29) is 11.6 Å². The van der Waals surface area contributed by atoms with Crippen LogP contribution in [0.4, 0.5) is 0 Å². The van der Waals surface area contributed by atoms with Crippen molar-refractivity contribution in [1.82, 2.24) is 5.32 Å². The third-order valence-electron chi connectivity index (χ3n) is 3.25. The number of carbonyl (C=O) groups is 2. The SMILES string of the molecule is CC1(C)C[C@@H]([C@H](O)c2cccc(Cl)c2)N1.O=C(O)/C=C\C(=O)O. The van der Waals surface area contributed by atoms with Gasteiger partial charge in [-0.05, 0) is 38.0 Å². The smallest absolute Gasteiger partial charge is 0.328 e. The van der Waals surface area contributed by atoms with E-state index < -0.39 is 18.0 Å². The number of aliphatic hydroxyl groups is 1. The van der Waals surface area contributed by atoms with Crippen molar-refractivity contribution in [2.24, 2.45) is 0 Å². The Morgan fingerprint density at radius 2 is 1.83 bits per heavy atom. The maximum atomic E-state index is 10.1. The highest BCUT2D eigenvalue weighted by Crippen LogP contribution is 2.32. The van der Waals surface area contributed by atoms with E-state index in [0.717, 1.165) is 12.0 Å². The Labute approximate surface area is 139 Å². The van der Waals surface area contributed by atoms with Crippen molar-refractivity contribution >= 4 is 23.5 Å². The Kier molecular flexibility index (Phi) is 6.75. The average Bonchev–Trinajstić information content (AvgIpc) is 2.42. The van der Waals surface area contributed by atoms with Crippen LogP contribution < -0.4 is 5.32 Å². The summed E-state index contributed by atoms with van der Waals surface area (Å²) in [4.78, 5) is 19.1. The molecule has 23 heavy (non-hydrogen) atoms. The fourth-order valence-electron chi connectivity index (χ4n) is 2.29. The van der Waals surface area contributed by atoms with E-state index >= 15 is 0 Å². The molecule has 0 aromatic heterocycles. The monoisotopic (exact) mass is 341 g/mol. The third-order valence-corrected chi connectivity index (χ3v) is 3.48. The van der Waals surface area contributed by atoms with Crippen LogP contribution in [0.25, 0.3) is 0 Å². The zero-order valence-electron chi connectivity index (χ0n) is 12.9. The average molecular weight is 342 g/mol. The van der Waals surface area contributed by atoms with Crippen LogP contribution in [0, 0.1) is 0 Å². The minimum Gasteiger partial charge on any atom is -0.478 e. The van der Waals surface area contributed by atoms with Crippen LogP contribution in [0.1, 0.15) is 31.9 Å². The number of rotatable bonds is 4. The van der Waals surface area contributed by atoms with Gasteiger partial charge in [0, 0.05) is 28.8 Å². The van der Waals surface area contributed by atoms with E-state index in [2.05, 4.69) is 19.2 Å². The number of halogens is 1. The predicted octanol–water partition coefficient (Wildman–Crippen LogP) is 2.23. The molecule has 0 bridgehead atoms. The van der Waals surface area contributed by atoms with Crippen molar-refractivity contribution < 1.29 is 24.9 Å². The topological polar surface area (TPSA) is 107 Å². The summed E-state index contributed by atoms with van der Waals surface area (Å²) in [7, 11) is 0. The molecular weight excluding hydrogens is 322 g/mol. The molecule has 0 unspecified atom stereocenters. The Hall–Kier alpha value is -1.89. The van der Waals surface area contributed by atoms with Crippen LogP contribution in [0.15, 0.2) is 36.4 Å². The van der Waals surface area contributed by atoms with Gasteiger partial charge in [-0.15, -0.1) is 0 Å². The lowest BCUT2D eigenvalue weighted by molar-refractivity contribution is -0.134. The van der Waals surface area contributed by atoms with E-state index in [1.807, 2.05) is 24.3 Å². The number of hydrogen-bond acceptors (Lipinski definition) is 4. The molecule has 1 aromatic rings. The summed E-state index contributed by atoms with van der Waals surface area (Å²) in [5.41, 5.74) is 1.04. The van der Waals surface area contributed by atoms with Gasteiger partial charge >= 0.3 is 11.9 Å². The molecule has 126 valence electrons. The molecule has 1 aliphatic rings. The van der Waals surface area contributed by atoms with Crippen LogP contribution in [-0.2, 0) is 9.59 Å². The van der Waals surface area contributed by atoms with Gasteiger partial charge in [0.15, 0.2) is 0 Å². The van der Waals surface area contributed by atoms with E-state index in [4.69, 9.17) is 21.8 Å². The summed E-state index contributed by atoms with van der Waals surface area (Å²) in [6.07, 6.45) is 1.64. The molecule has 1 heterocycles. The number of carboxylic acids is 2. The van der Waals surface area contributed by atoms with Crippen LogP contribution in [-0.4, -0.2) is 38.8 Å². The van der Waals surface area contributed by atoms with Gasteiger partial charge in [-0.2, -0.15) is 0 Å². The zero-order valence-corrected chi connectivity index (χ0v) is 13.6. The largest absolute Gasteiger partial charge is 0.478 e. The standard InChI is InChI=1S/C12H16ClNO.C4H4O4/c1-12(2)7-10(14-12)11(15)8-4-3-5-9(13)6-8;5-3(6)1-2-4(7)8/h3-6,10-11,14-15H,7H2,1-2H3;1-2H,(H,5,6)(H,7,8)/b;2-1-/t10-,11+;/m0./s1. The van der Waals surface area contributed by atoms with Crippen LogP contribution in [0.2, 0.25) is 5.02 Å². The van der Waals surface area contributed by atoms with E-state index in [1.165, 1.54) is 0 Å². The van der Waals surface area contributed by atoms with Crippen LogP contribution in [0.5, 0.6) is 0 Å². The van der Waals surface area contributed by atoms with Gasteiger partial charge in [0.05, 0.1) is 6.10 Å². The Morgan fingerprint density at radius 3 is 2.22 bits per heavy atom. The molecule has 2 atom stereocenters. The van der Waals surface area contributed by atoms with Crippen molar-refractivity contribution in [1.29, 1.82) is 0 Å². The molecule has 4 N–H and O–H groups in total. The van der Waals surface area contributed by atoms with Crippen LogP contribution in [0.3, 0.4) is 0 Å². The summed E-state index contributed by atoms with van der Waals surface area (Å²) in [5.74, 6) is -2.51. The quantitative estimate of drug-likeness (QED) is 0.626. The van der Waals surface area contributed by atoms with Gasteiger partial charge in [0.1, 0.15) is 0 Å². The van der Waals surface area contributed by atoms with Gasteiger partial charge in [-0.3, -0.25) is 0 Å². The molecule has 6 nitrogen and oxygen atoms in total. The van der Waals surface area contributed by atoms with Crippen molar-refractivity contribution in [3.63, 3.8) is 0 Å². The van der Waals surface area contributed by atoms with Crippen molar-refractivity contribution in [3.8, 4) is 0 Å².